The van der Waals surface area contributed by atoms with E-state index in [1.165, 1.54) is 18.2 Å². The Balaban J connectivity index is 2.43. The summed E-state index contributed by atoms with van der Waals surface area (Å²) in [5.41, 5.74) is -0.646. The number of hydrogen-bond acceptors (Lipinski definition) is 6. The molecular weight excluding hydrogens is 290 g/mol. The van der Waals surface area contributed by atoms with Crippen molar-refractivity contribution in [2.24, 2.45) is 0 Å². The van der Waals surface area contributed by atoms with E-state index >= 15 is 0 Å². The van der Waals surface area contributed by atoms with Gasteiger partial charge in [0.15, 0.2) is 0 Å². The van der Waals surface area contributed by atoms with Gasteiger partial charge in [0.25, 0.3) is 5.79 Å². The summed E-state index contributed by atoms with van der Waals surface area (Å²) >= 11 is 0. The molecule has 0 saturated carbocycles. The second kappa shape index (κ2) is 5.56. The molecule has 0 spiro atoms. The van der Waals surface area contributed by atoms with E-state index in [9.17, 15) is 29.2 Å². The standard InChI is InChI=1S/C13H16F2O6/c14-12(15,7-4-2-1-3-5-7)13(20)11(19)10(18)9(17)8(6-16)21-13/h1-5,8-11,16-20H,6H2/t8-,9-,10+,11-,13-/m1/s1. The van der Waals surface area contributed by atoms with Crippen LogP contribution in [0.1, 0.15) is 5.56 Å². The molecule has 2 rings (SSSR count). The van der Waals surface area contributed by atoms with Gasteiger partial charge in [0.1, 0.15) is 24.4 Å². The predicted octanol–water partition coefficient (Wildman–Crippen LogP) is -1.06. The second-order valence-corrected chi connectivity index (χ2v) is 4.90. The van der Waals surface area contributed by atoms with Gasteiger partial charge in [0, 0.05) is 5.56 Å². The van der Waals surface area contributed by atoms with Gasteiger partial charge < -0.3 is 30.3 Å². The molecule has 0 bridgehead atoms. The summed E-state index contributed by atoms with van der Waals surface area (Å²) in [5.74, 6) is -7.57. The topological polar surface area (TPSA) is 110 Å². The summed E-state index contributed by atoms with van der Waals surface area (Å²) in [6.45, 7) is -0.919. The summed E-state index contributed by atoms with van der Waals surface area (Å²) in [6, 6.07) is 6.11. The number of aliphatic hydroxyl groups excluding tert-OH is 4. The lowest BCUT2D eigenvalue weighted by Gasteiger charge is -2.48. The minimum absolute atomic E-state index is 0.646. The lowest BCUT2D eigenvalue weighted by atomic mass is 9.86. The van der Waals surface area contributed by atoms with Gasteiger partial charge in [0.2, 0.25) is 0 Å². The molecule has 1 saturated heterocycles. The number of hydrogen-bond donors (Lipinski definition) is 5. The van der Waals surface area contributed by atoms with Gasteiger partial charge in [-0.3, -0.25) is 0 Å². The van der Waals surface area contributed by atoms with Crippen LogP contribution in [0.5, 0.6) is 0 Å². The van der Waals surface area contributed by atoms with E-state index in [4.69, 9.17) is 5.11 Å². The third-order valence-electron chi connectivity index (χ3n) is 3.55. The second-order valence-electron chi connectivity index (χ2n) is 4.90. The fourth-order valence-corrected chi connectivity index (χ4v) is 2.27. The van der Waals surface area contributed by atoms with Crippen LogP contribution in [0.3, 0.4) is 0 Å². The van der Waals surface area contributed by atoms with Crippen molar-refractivity contribution < 1.29 is 39.1 Å². The fourth-order valence-electron chi connectivity index (χ4n) is 2.27. The largest absolute Gasteiger partial charge is 0.394 e. The Morgan fingerprint density at radius 3 is 2.19 bits per heavy atom. The minimum atomic E-state index is -4.08. The Morgan fingerprint density at radius 1 is 1.10 bits per heavy atom. The highest BCUT2D eigenvalue weighted by atomic mass is 19.3. The average molecular weight is 306 g/mol. The van der Waals surface area contributed by atoms with Crippen LogP contribution in [-0.4, -0.2) is 62.3 Å². The molecule has 0 aromatic heterocycles. The molecule has 118 valence electrons. The zero-order valence-electron chi connectivity index (χ0n) is 10.8. The van der Waals surface area contributed by atoms with Crippen molar-refractivity contribution in [2.75, 3.05) is 6.61 Å². The van der Waals surface area contributed by atoms with Crippen LogP contribution in [0, 0.1) is 0 Å². The Morgan fingerprint density at radius 2 is 1.67 bits per heavy atom. The van der Waals surface area contributed by atoms with E-state index in [0.29, 0.717) is 0 Å². The molecule has 1 fully saturated rings. The number of benzene rings is 1. The Hall–Kier alpha value is -1.16. The number of alkyl halides is 2. The summed E-state index contributed by atoms with van der Waals surface area (Å²) in [5, 5.41) is 48.0. The molecule has 1 heterocycles. The zero-order valence-corrected chi connectivity index (χ0v) is 10.8. The molecule has 6 nitrogen and oxygen atoms in total. The Labute approximate surface area is 118 Å². The van der Waals surface area contributed by atoms with E-state index in [-0.39, 0.29) is 0 Å². The molecule has 1 aromatic carbocycles. The summed E-state index contributed by atoms with van der Waals surface area (Å²) in [7, 11) is 0. The smallest absolute Gasteiger partial charge is 0.328 e. The van der Waals surface area contributed by atoms with Gasteiger partial charge in [-0.2, -0.15) is 8.78 Å². The van der Waals surface area contributed by atoms with Crippen molar-refractivity contribution in [1.82, 2.24) is 0 Å². The zero-order chi connectivity index (χ0) is 15.8. The molecule has 1 aliphatic heterocycles. The third kappa shape index (κ3) is 2.44. The number of rotatable bonds is 3. The van der Waals surface area contributed by atoms with E-state index in [0.717, 1.165) is 12.1 Å². The number of halogens is 2. The molecule has 21 heavy (non-hydrogen) atoms. The SMILES string of the molecule is OC[C@H]1O[C@@](O)(C(F)(F)c2ccccc2)[C@H](O)[C@@H](O)[C@@H]1O. The van der Waals surface area contributed by atoms with Gasteiger partial charge in [-0.15, -0.1) is 0 Å². The van der Waals surface area contributed by atoms with Crippen molar-refractivity contribution in [3.63, 3.8) is 0 Å². The lowest BCUT2D eigenvalue weighted by Crippen LogP contribution is -2.70. The maximum absolute atomic E-state index is 14.5. The van der Waals surface area contributed by atoms with Gasteiger partial charge in [-0.25, -0.2) is 0 Å². The predicted molar refractivity (Wildman–Crippen MR) is 65.3 cm³/mol. The van der Waals surface area contributed by atoms with Crippen LogP contribution in [0.15, 0.2) is 30.3 Å². The number of ether oxygens (including phenoxy) is 1. The number of aliphatic hydroxyl groups is 5. The van der Waals surface area contributed by atoms with E-state index < -0.39 is 48.3 Å². The normalized spacial score (nSPS) is 37.5. The van der Waals surface area contributed by atoms with E-state index in [2.05, 4.69) is 4.74 Å². The maximum Gasteiger partial charge on any atom is 0.328 e. The molecule has 0 radical (unpaired) electrons. The van der Waals surface area contributed by atoms with Crippen molar-refractivity contribution in [3.05, 3.63) is 35.9 Å². The van der Waals surface area contributed by atoms with Crippen molar-refractivity contribution in [2.45, 2.75) is 36.1 Å². The highest BCUT2D eigenvalue weighted by Gasteiger charge is 2.66. The average Bonchev–Trinajstić information content (AvgIpc) is 2.49. The first kappa shape index (κ1) is 16.2. The molecule has 0 amide bonds. The van der Waals surface area contributed by atoms with Gasteiger partial charge in [-0.1, -0.05) is 30.3 Å². The lowest BCUT2D eigenvalue weighted by molar-refractivity contribution is -0.416. The fraction of sp³-hybridized carbons (Fsp3) is 0.538. The molecule has 8 heteroatoms. The van der Waals surface area contributed by atoms with Crippen molar-refractivity contribution in [3.8, 4) is 0 Å². The molecular formula is C13H16F2O6. The molecule has 5 atom stereocenters. The van der Waals surface area contributed by atoms with Crippen molar-refractivity contribution >= 4 is 0 Å². The van der Waals surface area contributed by atoms with E-state index in [1.54, 1.807) is 0 Å². The van der Waals surface area contributed by atoms with Crippen molar-refractivity contribution in [1.29, 1.82) is 0 Å². The third-order valence-corrected chi connectivity index (χ3v) is 3.55. The highest BCUT2D eigenvalue weighted by Crippen LogP contribution is 2.45. The Kier molecular flexibility index (Phi) is 4.29. The van der Waals surface area contributed by atoms with Crippen LogP contribution in [0.2, 0.25) is 0 Å². The van der Waals surface area contributed by atoms with Crippen LogP contribution in [0.25, 0.3) is 0 Å². The first-order valence-corrected chi connectivity index (χ1v) is 6.24. The molecule has 0 aliphatic carbocycles. The monoisotopic (exact) mass is 306 g/mol. The van der Waals surface area contributed by atoms with Gasteiger partial charge in [0.05, 0.1) is 6.61 Å². The van der Waals surface area contributed by atoms with Gasteiger partial charge >= 0.3 is 5.92 Å². The Bertz CT molecular complexity index is 483. The summed E-state index contributed by atoms with van der Waals surface area (Å²) in [4.78, 5) is 0. The molecule has 5 N–H and O–H groups in total. The summed E-state index contributed by atoms with van der Waals surface area (Å²) < 4.78 is 33.6. The first-order chi connectivity index (χ1) is 9.75. The van der Waals surface area contributed by atoms with E-state index in [1.807, 2.05) is 0 Å². The quantitative estimate of drug-likeness (QED) is 0.487. The van der Waals surface area contributed by atoms with Gasteiger partial charge in [-0.05, 0) is 0 Å². The summed E-state index contributed by atoms with van der Waals surface area (Å²) in [6.07, 6.45) is -8.04. The van der Waals surface area contributed by atoms with Crippen LogP contribution >= 0.6 is 0 Å². The van der Waals surface area contributed by atoms with Crippen LogP contribution < -0.4 is 0 Å². The van der Waals surface area contributed by atoms with Crippen LogP contribution in [-0.2, 0) is 10.7 Å². The maximum atomic E-state index is 14.5. The highest BCUT2D eigenvalue weighted by molar-refractivity contribution is 5.24. The molecule has 0 unspecified atom stereocenters. The minimum Gasteiger partial charge on any atom is -0.394 e. The van der Waals surface area contributed by atoms with Crippen LogP contribution in [0.4, 0.5) is 8.78 Å². The molecule has 1 aromatic rings. The first-order valence-electron chi connectivity index (χ1n) is 6.24. The molecule has 1 aliphatic rings.